The quantitative estimate of drug-likeness (QED) is 0.591. The summed E-state index contributed by atoms with van der Waals surface area (Å²) < 4.78 is 0. The number of non-ortho nitro benzene ring substituents is 1. The highest BCUT2D eigenvalue weighted by atomic mass is 16.6. The topological polar surface area (TPSA) is 101 Å². The lowest BCUT2D eigenvalue weighted by molar-refractivity contribution is -0.384. The molecule has 0 aromatic heterocycles. The highest BCUT2D eigenvalue weighted by Gasteiger charge is 2.13. The zero-order valence-electron chi connectivity index (χ0n) is 8.16. The molecule has 0 unspecified atom stereocenters. The van der Waals surface area contributed by atoms with Gasteiger partial charge in [0.2, 0.25) is 0 Å². The smallest absolute Gasteiger partial charge is 0.336 e. The lowest BCUT2D eigenvalue weighted by Crippen LogP contribution is -2.00. The van der Waals surface area contributed by atoms with Crippen molar-refractivity contribution in [3.8, 4) is 0 Å². The summed E-state index contributed by atoms with van der Waals surface area (Å²) in [6.07, 6.45) is 2.64. The zero-order valence-corrected chi connectivity index (χ0v) is 8.16. The van der Waals surface area contributed by atoms with Gasteiger partial charge in [0.05, 0.1) is 17.1 Å². The summed E-state index contributed by atoms with van der Waals surface area (Å²) in [6.45, 7) is -0.262. The van der Waals surface area contributed by atoms with Crippen LogP contribution in [-0.2, 0) is 0 Å². The summed E-state index contributed by atoms with van der Waals surface area (Å²) in [5.74, 6) is -1.17. The van der Waals surface area contributed by atoms with Gasteiger partial charge in [-0.3, -0.25) is 10.1 Å². The maximum atomic E-state index is 10.8. The molecule has 0 atom stereocenters. The molecule has 1 rings (SSSR count). The normalized spacial score (nSPS) is 10.6. The minimum atomic E-state index is -1.17. The predicted octanol–water partition coefficient (Wildman–Crippen LogP) is 1.30. The molecule has 2 N–H and O–H groups in total. The Hall–Kier alpha value is -2.21. The molecule has 0 amide bonds. The average molecular weight is 223 g/mol. The molecule has 0 aliphatic carbocycles. The molecule has 0 aliphatic rings. The summed E-state index contributed by atoms with van der Waals surface area (Å²) in [4.78, 5) is 20.7. The number of aliphatic hydroxyl groups is 1. The van der Waals surface area contributed by atoms with Crippen LogP contribution in [0.4, 0.5) is 5.69 Å². The van der Waals surface area contributed by atoms with Gasteiger partial charge in [0, 0.05) is 12.1 Å². The Bertz CT molecular complexity index is 453. The second-order valence-corrected chi connectivity index (χ2v) is 2.92. The van der Waals surface area contributed by atoms with Crippen molar-refractivity contribution in [2.45, 2.75) is 0 Å². The number of carbonyl (C=O) groups is 1. The van der Waals surface area contributed by atoms with Crippen LogP contribution in [0.2, 0.25) is 0 Å². The number of carboxylic acids is 1. The number of carboxylic acid groups (broad SMARTS) is 1. The molecule has 0 saturated heterocycles. The van der Waals surface area contributed by atoms with E-state index in [1.165, 1.54) is 12.2 Å². The molecule has 1 aromatic carbocycles. The van der Waals surface area contributed by atoms with E-state index in [0.717, 1.165) is 18.2 Å². The molecule has 0 aliphatic heterocycles. The SMILES string of the molecule is O=C(O)c1ccc([N+](=O)[O-])cc1C=CCO. The lowest BCUT2D eigenvalue weighted by Gasteiger charge is -2.00. The van der Waals surface area contributed by atoms with Crippen LogP contribution in [-0.4, -0.2) is 27.7 Å². The van der Waals surface area contributed by atoms with Gasteiger partial charge in [-0.1, -0.05) is 12.2 Å². The van der Waals surface area contributed by atoms with E-state index in [-0.39, 0.29) is 23.4 Å². The van der Waals surface area contributed by atoms with Gasteiger partial charge in [-0.15, -0.1) is 0 Å². The van der Waals surface area contributed by atoms with Crippen molar-refractivity contribution in [1.82, 2.24) is 0 Å². The molecule has 16 heavy (non-hydrogen) atoms. The van der Waals surface area contributed by atoms with Gasteiger partial charge in [0.15, 0.2) is 0 Å². The van der Waals surface area contributed by atoms with E-state index in [2.05, 4.69) is 0 Å². The van der Waals surface area contributed by atoms with E-state index in [1.54, 1.807) is 0 Å². The fraction of sp³-hybridized carbons (Fsp3) is 0.100. The van der Waals surface area contributed by atoms with Gasteiger partial charge in [-0.2, -0.15) is 0 Å². The van der Waals surface area contributed by atoms with Gasteiger partial charge < -0.3 is 10.2 Å². The molecular weight excluding hydrogens is 214 g/mol. The number of rotatable bonds is 4. The molecule has 0 fully saturated rings. The lowest BCUT2D eigenvalue weighted by atomic mass is 10.1. The summed E-state index contributed by atoms with van der Waals surface area (Å²) in [7, 11) is 0. The number of hydrogen-bond acceptors (Lipinski definition) is 4. The Morgan fingerprint density at radius 3 is 2.69 bits per heavy atom. The molecule has 0 radical (unpaired) electrons. The number of aromatic carboxylic acids is 1. The molecule has 6 heteroatoms. The number of nitro benzene ring substituents is 1. The molecule has 0 spiro atoms. The van der Waals surface area contributed by atoms with Crippen LogP contribution in [0, 0.1) is 10.1 Å². The Morgan fingerprint density at radius 2 is 2.19 bits per heavy atom. The van der Waals surface area contributed by atoms with Gasteiger partial charge in [0.1, 0.15) is 0 Å². The van der Waals surface area contributed by atoms with Crippen LogP contribution in [0.3, 0.4) is 0 Å². The van der Waals surface area contributed by atoms with E-state index in [9.17, 15) is 14.9 Å². The Morgan fingerprint density at radius 1 is 1.50 bits per heavy atom. The highest BCUT2D eigenvalue weighted by Crippen LogP contribution is 2.19. The summed E-state index contributed by atoms with van der Waals surface area (Å²) in [5.41, 5.74) is -0.0476. The highest BCUT2D eigenvalue weighted by molar-refractivity contribution is 5.92. The largest absolute Gasteiger partial charge is 0.478 e. The Kier molecular flexibility index (Phi) is 3.73. The Balaban J connectivity index is 3.26. The molecule has 0 heterocycles. The van der Waals surface area contributed by atoms with E-state index in [1.807, 2.05) is 0 Å². The minimum absolute atomic E-state index is 0.0460. The first-order valence-corrected chi connectivity index (χ1v) is 4.35. The maximum Gasteiger partial charge on any atom is 0.336 e. The van der Waals surface area contributed by atoms with Crippen LogP contribution in [0.5, 0.6) is 0 Å². The van der Waals surface area contributed by atoms with E-state index in [0.29, 0.717) is 0 Å². The van der Waals surface area contributed by atoms with E-state index >= 15 is 0 Å². The predicted molar refractivity (Wildman–Crippen MR) is 56.2 cm³/mol. The van der Waals surface area contributed by atoms with Crippen molar-refractivity contribution in [1.29, 1.82) is 0 Å². The molecule has 1 aromatic rings. The fourth-order valence-corrected chi connectivity index (χ4v) is 1.18. The van der Waals surface area contributed by atoms with Crippen molar-refractivity contribution in [2.75, 3.05) is 6.61 Å². The van der Waals surface area contributed by atoms with Gasteiger partial charge in [0.25, 0.3) is 5.69 Å². The second kappa shape index (κ2) is 5.04. The van der Waals surface area contributed by atoms with Gasteiger partial charge >= 0.3 is 5.97 Å². The molecule has 0 saturated carbocycles. The number of nitrogens with zero attached hydrogens (tertiary/aromatic N) is 1. The average Bonchev–Trinajstić information content (AvgIpc) is 2.25. The van der Waals surface area contributed by atoms with Crippen LogP contribution in [0.1, 0.15) is 15.9 Å². The molecule has 0 bridgehead atoms. The van der Waals surface area contributed by atoms with Crippen molar-refractivity contribution in [3.63, 3.8) is 0 Å². The van der Waals surface area contributed by atoms with Crippen molar-refractivity contribution in [3.05, 3.63) is 45.5 Å². The summed E-state index contributed by atoms with van der Waals surface area (Å²) >= 11 is 0. The van der Waals surface area contributed by atoms with Gasteiger partial charge in [-0.25, -0.2) is 4.79 Å². The van der Waals surface area contributed by atoms with Crippen LogP contribution < -0.4 is 0 Å². The fourth-order valence-electron chi connectivity index (χ4n) is 1.18. The standard InChI is InChI=1S/C10H9NO5/c12-5-1-2-7-6-8(11(15)16)3-4-9(7)10(13)14/h1-4,6,12H,5H2,(H,13,14). The number of aliphatic hydroxyl groups excluding tert-OH is 1. The number of hydrogen-bond donors (Lipinski definition) is 2. The second-order valence-electron chi connectivity index (χ2n) is 2.92. The van der Waals surface area contributed by atoms with Gasteiger partial charge in [-0.05, 0) is 11.6 Å². The van der Waals surface area contributed by atoms with E-state index < -0.39 is 10.9 Å². The summed E-state index contributed by atoms with van der Waals surface area (Å²) in [5, 5.41) is 27.9. The van der Waals surface area contributed by atoms with E-state index in [4.69, 9.17) is 10.2 Å². The molecule has 84 valence electrons. The molecule has 6 nitrogen and oxygen atoms in total. The van der Waals surface area contributed by atoms with Crippen LogP contribution in [0.25, 0.3) is 6.08 Å². The Labute approximate surface area is 90.6 Å². The first kappa shape index (κ1) is 11.9. The monoisotopic (exact) mass is 223 g/mol. The third kappa shape index (κ3) is 2.64. The summed E-state index contributed by atoms with van der Waals surface area (Å²) in [6, 6.07) is 3.44. The zero-order chi connectivity index (χ0) is 12.1. The number of nitro groups is 1. The first-order chi connectivity index (χ1) is 7.56. The minimum Gasteiger partial charge on any atom is -0.478 e. The van der Waals surface area contributed by atoms with Crippen molar-refractivity contribution >= 4 is 17.7 Å². The third-order valence-electron chi connectivity index (χ3n) is 1.88. The molecular formula is C10H9NO5. The van der Waals surface area contributed by atoms with Crippen molar-refractivity contribution in [2.24, 2.45) is 0 Å². The van der Waals surface area contributed by atoms with Crippen LogP contribution >= 0.6 is 0 Å². The van der Waals surface area contributed by atoms with Crippen LogP contribution in [0.15, 0.2) is 24.3 Å². The third-order valence-corrected chi connectivity index (χ3v) is 1.88. The van der Waals surface area contributed by atoms with Crippen molar-refractivity contribution < 1.29 is 19.9 Å². The maximum absolute atomic E-state index is 10.8. The number of benzene rings is 1. The first-order valence-electron chi connectivity index (χ1n) is 4.35.